The van der Waals surface area contributed by atoms with Crippen molar-refractivity contribution in [2.24, 2.45) is 11.7 Å². The monoisotopic (exact) mass is 216 g/mol. The maximum absolute atomic E-state index is 11.5. The smallest absolute Gasteiger partial charge is 0.225 e. The lowest BCUT2D eigenvalue weighted by molar-refractivity contribution is -0.124. The Kier molecular flexibility index (Phi) is 4.28. The molecule has 1 amide bonds. The zero-order chi connectivity index (χ0) is 10.6. The van der Waals surface area contributed by atoms with E-state index in [2.05, 4.69) is 5.32 Å². The molecule has 0 aromatic heterocycles. The number of thiocarbonyl (C=S) groups is 1. The van der Waals surface area contributed by atoms with Crippen molar-refractivity contribution >= 4 is 23.1 Å². The molecule has 2 atom stereocenters. The standard InChI is InChI=1S/C9H16N2O2S/c1-6-4-7(5-13-6)9(12)11-3-2-8(10)14/h6-7H,2-5H2,1H3,(H2,10,14)(H,11,12). The Morgan fingerprint density at radius 3 is 2.93 bits per heavy atom. The van der Waals surface area contributed by atoms with Crippen molar-refractivity contribution in [3.8, 4) is 0 Å². The predicted molar refractivity (Wildman–Crippen MR) is 57.9 cm³/mol. The molecule has 3 N–H and O–H groups in total. The van der Waals surface area contributed by atoms with Crippen LogP contribution in [0.1, 0.15) is 19.8 Å². The van der Waals surface area contributed by atoms with Gasteiger partial charge in [0.2, 0.25) is 5.91 Å². The van der Waals surface area contributed by atoms with Gasteiger partial charge < -0.3 is 15.8 Å². The van der Waals surface area contributed by atoms with Crippen molar-refractivity contribution < 1.29 is 9.53 Å². The molecule has 14 heavy (non-hydrogen) atoms. The van der Waals surface area contributed by atoms with Gasteiger partial charge in [-0.1, -0.05) is 12.2 Å². The van der Waals surface area contributed by atoms with Gasteiger partial charge in [-0.25, -0.2) is 0 Å². The Labute approximate surface area is 89.2 Å². The molecule has 2 unspecified atom stereocenters. The van der Waals surface area contributed by atoms with Gasteiger partial charge in [-0.3, -0.25) is 4.79 Å². The van der Waals surface area contributed by atoms with Crippen molar-refractivity contribution in [2.45, 2.75) is 25.9 Å². The summed E-state index contributed by atoms with van der Waals surface area (Å²) in [5.41, 5.74) is 5.31. The maximum atomic E-state index is 11.5. The fourth-order valence-corrected chi connectivity index (χ4v) is 1.56. The van der Waals surface area contributed by atoms with E-state index in [1.54, 1.807) is 0 Å². The fourth-order valence-electron chi connectivity index (χ4n) is 1.45. The second-order valence-corrected chi connectivity index (χ2v) is 4.11. The van der Waals surface area contributed by atoms with E-state index < -0.39 is 0 Å². The topological polar surface area (TPSA) is 64.4 Å². The van der Waals surface area contributed by atoms with Gasteiger partial charge in [-0.15, -0.1) is 0 Å². The van der Waals surface area contributed by atoms with Crippen LogP contribution in [0.25, 0.3) is 0 Å². The van der Waals surface area contributed by atoms with E-state index in [0.29, 0.717) is 24.6 Å². The molecule has 1 rings (SSSR count). The van der Waals surface area contributed by atoms with Gasteiger partial charge in [0, 0.05) is 13.0 Å². The van der Waals surface area contributed by atoms with Crippen molar-refractivity contribution in [2.75, 3.05) is 13.2 Å². The molecule has 4 nitrogen and oxygen atoms in total. The van der Waals surface area contributed by atoms with Crippen LogP contribution in [0.2, 0.25) is 0 Å². The molecule has 1 heterocycles. The molecule has 0 radical (unpaired) electrons. The maximum Gasteiger partial charge on any atom is 0.225 e. The van der Waals surface area contributed by atoms with Crippen molar-refractivity contribution in [3.05, 3.63) is 0 Å². The fraction of sp³-hybridized carbons (Fsp3) is 0.778. The van der Waals surface area contributed by atoms with Gasteiger partial charge in [0.15, 0.2) is 0 Å². The number of nitrogens with one attached hydrogen (secondary N) is 1. The summed E-state index contributed by atoms with van der Waals surface area (Å²) in [4.78, 5) is 11.9. The Morgan fingerprint density at radius 2 is 2.43 bits per heavy atom. The van der Waals surface area contributed by atoms with E-state index in [0.717, 1.165) is 6.42 Å². The van der Waals surface area contributed by atoms with Crippen LogP contribution in [-0.2, 0) is 9.53 Å². The van der Waals surface area contributed by atoms with E-state index in [1.807, 2.05) is 6.92 Å². The lowest BCUT2D eigenvalue weighted by atomic mass is 10.1. The van der Waals surface area contributed by atoms with Gasteiger partial charge in [-0.2, -0.15) is 0 Å². The normalized spacial score (nSPS) is 26.1. The SMILES string of the molecule is CC1CC(C(=O)NCCC(N)=S)CO1. The minimum Gasteiger partial charge on any atom is -0.393 e. The summed E-state index contributed by atoms with van der Waals surface area (Å²) in [7, 11) is 0. The summed E-state index contributed by atoms with van der Waals surface area (Å²) in [6.45, 7) is 3.03. The van der Waals surface area contributed by atoms with Crippen molar-refractivity contribution in [1.82, 2.24) is 5.32 Å². The molecular formula is C9H16N2O2S. The number of ether oxygens (including phenoxy) is 1. The third kappa shape index (κ3) is 3.59. The van der Waals surface area contributed by atoms with Gasteiger partial charge in [-0.05, 0) is 13.3 Å². The first-order valence-corrected chi connectivity index (χ1v) is 5.18. The second-order valence-electron chi connectivity index (χ2n) is 3.58. The Morgan fingerprint density at radius 1 is 1.71 bits per heavy atom. The number of hydrogen-bond acceptors (Lipinski definition) is 3. The number of carbonyl (C=O) groups is 1. The van der Waals surface area contributed by atoms with Crippen LogP contribution < -0.4 is 11.1 Å². The van der Waals surface area contributed by atoms with Crippen LogP contribution in [0.5, 0.6) is 0 Å². The zero-order valence-electron chi connectivity index (χ0n) is 8.29. The lowest BCUT2D eigenvalue weighted by Crippen LogP contribution is -2.33. The van der Waals surface area contributed by atoms with Gasteiger partial charge in [0.25, 0.3) is 0 Å². The number of amides is 1. The molecule has 1 fully saturated rings. The van der Waals surface area contributed by atoms with Crippen LogP contribution in [-0.4, -0.2) is 30.2 Å². The summed E-state index contributed by atoms with van der Waals surface area (Å²) >= 11 is 4.70. The van der Waals surface area contributed by atoms with Gasteiger partial charge in [0.05, 0.1) is 23.6 Å². The van der Waals surface area contributed by atoms with Crippen molar-refractivity contribution in [3.63, 3.8) is 0 Å². The second kappa shape index (κ2) is 5.26. The Bertz CT molecular complexity index is 233. The predicted octanol–water partition coefficient (Wildman–Crippen LogP) is 0.204. The van der Waals surface area contributed by atoms with E-state index in [1.165, 1.54) is 0 Å². The van der Waals surface area contributed by atoms with E-state index in [-0.39, 0.29) is 17.9 Å². The number of rotatable bonds is 4. The quantitative estimate of drug-likeness (QED) is 0.659. The highest BCUT2D eigenvalue weighted by Crippen LogP contribution is 2.18. The highest BCUT2D eigenvalue weighted by atomic mass is 32.1. The summed E-state index contributed by atoms with van der Waals surface area (Å²) in [5.74, 6) is 0.0435. The van der Waals surface area contributed by atoms with E-state index >= 15 is 0 Å². The van der Waals surface area contributed by atoms with E-state index in [4.69, 9.17) is 22.7 Å². The minimum absolute atomic E-state index is 0.00338. The molecule has 1 saturated heterocycles. The molecule has 0 bridgehead atoms. The molecular weight excluding hydrogens is 200 g/mol. The molecule has 1 aliphatic rings. The first kappa shape index (κ1) is 11.4. The summed E-state index contributed by atoms with van der Waals surface area (Å²) in [6, 6.07) is 0. The van der Waals surface area contributed by atoms with E-state index in [9.17, 15) is 4.79 Å². The molecule has 0 aliphatic carbocycles. The van der Waals surface area contributed by atoms with Crippen LogP contribution >= 0.6 is 12.2 Å². The number of hydrogen-bond donors (Lipinski definition) is 2. The Balaban J connectivity index is 2.18. The first-order valence-electron chi connectivity index (χ1n) is 4.77. The Hall–Kier alpha value is -0.680. The summed E-state index contributed by atoms with van der Waals surface area (Å²) < 4.78 is 5.30. The molecule has 0 aromatic rings. The lowest BCUT2D eigenvalue weighted by Gasteiger charge is -2.08. The number of nitrogens with two attached hydrogens (primary N) is 1. The molecule has 0 spiro atoms. The molecule has 0 aromatic carbocycles. The van der Waals surface area contributed by atoms with Gasteiger partial charge >= 0.3 is 0 Å². The summed E-state index contributed by atoms with van der Waals surface area (Å²) in [5, 5.41) is 2.79. The molecule has 1 aliphatic heterocycles. The highest BCUT2D eigenvalue weighted by Gasteiger charge is 2.27. The average Bonchev–Trinajstić information content (AvgIpc) is 2.51. The minimum atomic E-state index is -0.00338. The molecule has 80 valence electrons. The average molecular weight is 216 g/mol. The van der Waals surface area contributed by atoms with Gasteiger partial charge in [0.1, 0.15) is 0 Å². The largest absolute Gasteiger partial charge is 0.393 e. The zero-order valence-corrected chi connectivity index (χ0v) is 9.10. The third-order valence-corrected chi connectivity index (χ3v) is 2.44. The molecule has 0 saturated carbocycles. The first-order chi connectivity index (χ1) is 6.59. The highest BCUT2D eigenvalue weighted by molar-refractivity contribution is 7.80. The van der Waals surface area contributed by atoms with Crippen molar-refractivity contribution in [1.29, 1.82) is 0 Å². The molecule has 5 heteroatoms. The third-order valence-electron chi connectivity index (χ3n) is 2.24. The van der Waals surface area contributed by atoms with Crippen LogP contribution in [0.3, 0.4) is 0 Å². The van der Waals surface area contributed by atoms with Crippen LogP contribution in [0, 0.1) is 5.92 Å². The number of carbonyl (C=O) groups excluding carboxylic acids is 1. The van der Waals surface area contributed by atoms with Crippen LogP contribution in [0.15, 0.2) is 0 Å². The van der Waals surface area contributed by atoms with Crippen LogP contribution in [0.4, 0.5) is 0 Å². The summed E-state index contributed by atoms with van der Waals surface area (Å²) in [6.07, 6.45) is 1.56.